The van der Waals surface area contributed by atoms with E-state index in [0.29, 0.717) is 17.9 Å². The summed E-state index contributed by atoms with van der Waals surface area (Å²) in [6, 6.07) is 0.648. The second-order valence-corrected chi connectivity index (χ2v) is 5.93. The van der Waals surface area contributed by atoms with E-state index in [1.54, 1.807) is 0 Å². The standard InChI is InChI=1S/C14H25NO2/c16-13(17)4-3-11-15-12-5-9-14(10-6-12)7-1-2-8-14/h12,15H,1-11H2,(H,16,17). The molecule has 0 unspecified atom stereocenters. The molecule has 0 bridgehead atoms. The summed E-state index contributed by atoms with van der Waals surface area (Å²) in [7, 11) is 0. The van der Waals surface area contributed by atoms with Crippen molar-refractivity contribution in [2.75, 3.05) is 6.54 Å². The summed E-state index contributed by atoms with van der Waals surface area (Å²) in [5, 5.41) is 12.1. The van der Waals surface area contributed by atoms with Gasteiger partial charge in [-0.05, 0) is 56.9 Å². The first kappa shape index (κ1) is 12.9. The maximum absolute atomic E-state index is 10.4. The molecule has 1 spiro atoms. The van der Waals surface area contributed by atoms with Crippen molar-refractivity contribution in [3.05, 3.63) is 0 Å². The molecule has 2 aliphatic rings. The van der Waals surface area contributed by atoms with E-state index < -0.39 is 5.97 Å². The average Bonchev–Trinajstić information content (AvgIpc) is 2.75. The van der Waals surface area contributed by atoms with E-state index in [0.717, 1.165) is 13.0 Å². The van der Waals surface area contributed by atoms with Crippen LogP contribution in [-0.4, -0.2) is 23.7 Å². The molecule has 0 saturated heterocycles. The van der Waals surface area contributed by atoms with Gasteiger partial charge in [-0.1, -0.05) is 12.8 Å². The maximum Gasteiger partial charge on any atom is 0.303 e. The van der Waals surface area contributed by atoms with E-state index in [4.69, 9.17) is 5.11 Å². The van der Waals surface area contributed by atoms with Crippen molar-refractivity contribution in [1.82, 2.24) is 5.32 Å². The third-order valence-corrected chi connectivity index (χ3v) is 4.71. The normalized spacial score (nSPS) is 24.2. The van der Waals surface area contributed by atoms with E-state index in [1.807, 2.05) is 0 Å². The van der Waals surface area contributed by atoms with Crippen LogP contribution in [0.1, 0.15) is 64.2 Å². The lowest BCUT2D eigenvalue weighted by atomic mass is 9.71. The molecule has 0 heterocycles. The molecule has 0 aromatic rings. The molecule has 2 fully saturated rings. The Balaban J connectivity index is 1.60. The smallest absolute Gasteiger partial charge is 0.303 e. The van der Waals surface area contributed by atoms with Crippen LogP contribution in [0, 0.1) is 5.41 Å². The maximum atomic E-state index is 10.4. The quantitative estimate of drug-likeness (QED) is 0.725. The highest BCUT2D eigenvalue weighted by Crippen LogP contribution is 2.48. The summed E-state index contributed by atoms with van der Waals surface area (Å²) in [6.45, 7) is 0.865. The molecule has 3 nitrogen and oxygen atoms in total. The summed E-state index contributed by atoms with van der Waals surface area (Å²) < 4.78 is 0. The fourth-order valence-corrected chi connectivity index (χ4v) is 3.61. The molecular formula is C14H25NO2. The summed E-state index contributed by atoms with van der Waals surface area (Å²) in [5.41, 5.74) is 0.708. The molecule has 0 amide bonds. The minimum atomic E-state index is -0.680. The van der Waals surface area contributed by atoms with Gasteiger partial charge in [-0.2, -0.15) is 0 Å². The number of carboxylic acid groups (broad SMARTS) is 1. The Labute approximate surface area is 104 Å². The third-order valence-electron chi connectivity index (χ3n) is 4.71. The topological polar surface area (TPSA) is 49.3 Å². The number of hydrogen-bond donors (Lipinski definition) is 2. The van der Waals surface area contributed by atoms with Gasteiger partial charge in [0.15, 0.2) is 0 Å². The molecule has 2 saturated carbocycles. The van der Waals surface area contributed by atoms with Gasteiger partial charge < -0.3 is 10.4 Å². The minimum Gasteiger partial charge on any atom is -0.481 e. The highest BCUT2D eigenvalue weighted by atomic mass is 16.4. The van der Waals surface area contributed by atoms with E-state index in [-0.39, 0.29) is 0 Å². The van der Waals surface area contributed by atoms with Crippen LogP contribution in [0.2, 0.25) is 0 Å². The Bertz CT molecular complexity index is 249. The zero-order valence-electron chi connectivity index (χ0n) is 10.7. The molecule has 2 rings (SSSR count). The van der Waals surface area contributed by atoms with Crippen LogP contribution in [0.4, 0.5) is 0 Å². The lowest BCUT2D eigenvalue weighted by molar-refractivity contribution is -0.137. The van der Waals surface area contributed by atoms with Crippen LogP contribution >= 0.6 is 0 Å². The molecule has 98 valence electrons. The number of carboxylic acids is 1. The fraction of sp³-hybridized carbons (Fsp3) is 0.929. The highest BCUT2D eigenvalue weighted by Gasteiger charge is 2.37. The fourth-order valence-electron chi connectivity index (χ4n) is 3.61. The van der Waals surface area contributed by atoms with Crippen LogP contribution in [0.15, 0.2) is 0 Å². The highest BCUT2D eigenvalue weighted by molar-refractivity contribution is 5.66. The zero-order chi connectivity index (χ0) is 12.1. The molecule has 3 heteroatoms. The zero-order valence-corrected chi connectivity index (χ0v) is 10.7. The van der Waals surface area contributed by atoms with Crippen molar-refractivity contribution in [1.29, 1.82) is 0 Å². The van der Waals surface area contributed by atoms with Gasteiger partial charge in [0, 0.05) is 12.5 Å². The van der Waals surface area contributed by atoms with Crippen LogP contribution in [0.3, 0.4) is 0 Å². The summed E-state index contributed by atoms with van der Waals surface area (Å²) in [4.78, 5) is 10.4. The predicted molar refractivity (Wildman–Crippen MR) is 68.0 cm³/mol. The van der Waals surface area contributed by atoms with Crippen LogP contribution < -0.4 is 5.32 Å². The number of nitrogens with one attached hydrogen (secondary N) is 1. The van der Waals surface area contributed by atoms with Crippen molar-refractivity contribution < 1.29 is 9.90 Å². The van der Waals surface area contributed by atoms with E-state index in [2.05, 4.69) is 5.32 Å². The van der Waals surface area contributed by atoms with Gasteiger partial charge in [0.1, 0.15) is 0 Å². The van der Waals surface area contributed by atoms with Crippen LogP contribution in [0.5, 0.6) is 0 Å². The molecule has 2 N–H and O–H groups in total. The molecule has 0 atom stereocenters. The summed E-state index contributed by atoms with van der Waals surface area (Å²) >= 11 is 0. The van der Waals surface area contributed by atoms with Crippen molar-refractivity contribution in [2.45, 2.75) is 70.3 Å². The Morgan fingerprint density at radius 2 is 1.82 bits per heavy atom. The predicted octanol–water partition coefficient (Wildman–Crippen LogP) is 2.94. The monoisotopic (exact) mass is 239 g/mol. The van der Waals surface area contributed by atoms with Gasteiger partial charge in [0.2, 0.25) is 0 Å². The minimum absolute atomic E-state index is 0.295. The van der Waals surface area contributed by atoms with E-state index in [9.17, 15) is 4.79 Å². The van der Waals surface area contributed by atoms with E-state index >= 15 is 0 Å². The Morgan fingerprint density at radius 1 is 1.18 bits per heavy atom. The summed E-state index contributed by atoms with van der Waals surface area (Å²) in [6.07, 6.45) is 12.2. The molecule has 0 aliphatic heterocycles. The number of carbonyl (C=O) groups is 1. The van der Waals surface area contributed by atoms with Crippen LogP contribution in [-0.2, 0) is 4.79 Å². The number of rotatable bonds is 5. The summed E-state index contributed by atoms with van der Waals surface area (Å²) in [5.74, 6) is -0.680. The van der Waals surface area contributed by atoms with Crippen LogP contribution in [0.25, 0.3) is 0 Å². The van der Waals surface area contributed by atoms with Gasteiger partial charge >= 0.3 is 5.97 Å². The Morgan fingerprint density at radius 3 is 2.41 bits per heavy atom. The van der Waals surface area contributed by atoms with Crippen molar-refractivity contribution in [2.24, 2.45) is 5.41 Å². The molecule has 2 aliphatic carbocycles. The van der Waals surface area contributed by atoms with E-state index in [1.165, 1.54) is 51.4 Å². The van der Waals surface area contributed by atoms with Gasteiger partial charge in [-0.25, -0.2) is 0 Å². The Hall–Kier alpha value is -0.570. The van der Waals surface area contributed by atoms with Gasteiger partial charge in [0.25, 0.3) is 0 Å². The van der Waals surface area contributed by atoms with Crippen molar-refractivity contribution >= 4 is 5.97 Å². The molecule has 17 heavy (non-hydrogen) atoms. The number of aliphatic carboxylic acids is 1. The lowest BCUT2D eigenvalue weighted by Gasteiger charge is -2.37. The van der Waals surface area contributed by atoms with Crippen molar-refractivity contribution in [3.8, 4) is 0 Å². The third kappa shape index (κ3) is 3.70. The molecular weight excluding hydrogens is 214 g/mol. The van der Waals surface area contributed by atoms with Crippen molar-refractivity contribution in [3.63, 3.8) is 0 Å². The largest absolute Gasteiger partial charge is 0.481 e. The first-order valence-corrected chi connectivity index (χ1v) is 7.15. The second-order valence-electron chi connectivity index (χ2n) is 5.93. The first-order chi connectivity index (χ1) is 8.20. The lowest BCUT2D eigenvalue weighted by Crippen LogP contribution is -2.37. The van der Waals surface area contributed by atoms with Gasteiger partial charge in [-0.3, -0.25) is 4.79 Å². The second kappa shape index (κ2) is 5.85. The Kier molecular flexibility index (Phi) is 4.43. The van der Waals surface area contributed by atoms with Gasteiger partial charge in [0.05, 0.1) is 0 Å². The number of hydrogen-bond acceptors (Lipinski definition) is 2. The molecule has 0 radical (unpaired) electrons. The average molecular weight is 239 g/mol. The van der Waals surface area contributed by atoms with Gasteiger partial charge in [-0.15, -0.1) is 0 Å². The first-order valence-electron chi connectivity index (χ1n) is 7.15. The molecule has 0 aromatic carbocycles. The molecule has 0 aromatic heterocycles. The SMILES string of the molecule is O=C(O)CCCNC1CCC2(CCCC2)CC1.